The first-order valence-corrected chi connectivity index (χ1v) is 7.23. The van der Waals surface area contributed by atoms with Crippen molar-refractivity contribution < 1.29 is 0 Å². The smallest absolute Gasteiger partial charge is 0.0361 e. The topological polar surface area (TPSA) is 16.1 Å². The van der Waals surface area contributed by atoms with Gasteiger partial charge in [0.15, 0.2) is 0 Å². The van der Waals surface area contributed by atoms with Crippen LogP contribution in [-0.4, -0.2) is 16.9 Å². The van der Waals surface area contributed by atoms with Crippen molar-refractivity contribution in [2.75, 3.05) is 7.05 Å². The lowest BCUT2D eigenvalue weighted by Crippen LogP contribution is -2.23. The number of aryl methyl sites for hydroxylation is 1. The van der Waals surface area contributed by atoms with Crippen molar-refractivity contribution in [2.45, 2.75) is 32.9 Å². The molecule has 2 aromatic rings. The Hall–Kier alpha value is -1.19. The lowest BCUT2D eigenvalue weighted by Gasteiger charge is -2.27. The molecule has 2 heterocycles. The van der Waals surface area contributed by atoms with Crippen LogP contribution in [0.25, 0.3) is 0 Å². The molecular formula is C15H20N2S. The van der Waals surface area contributed by atoms with E-state index in [0.717, 1.165) is 13.0 Å². The van der Waals surface area contributed by atoms with E-state index in [4.69, 9.17) is 0 Å². The summed E-state index contributed by atoms with van der Waals surface area (Å²) in [5.41, 5.74) is 2.70. The van der Waals surface area contributed by atoms with Gasteiger partial charge in [0.05, 0.1) is 0 Å². The van der Waals surface area contributed by atoms with Gasteiger partial charge in [-0.05, 0) is 49.0 Å². The van der Waals surface area contributed by atoms with Crippen LogP contribution < -0.4 is 0 Å². The minimum Gasteiger partial charge on any atom is -0.294 e. The zero-order valence-corrected chi connectivity index (χ0v) is 12.1. The third kappa shape index (κ3) is 2.98. The van der Waals surface area contributed by atoms with Crippen LogP contribution in [0.1, 0.15) is 35.4 Å². The van der Waals surface area contributed by atoms with Gasteiger partial charge in [-0.3, -0.25) is 9.88 Å². The maximum absolute atomic E-state index is 4.23. The van der Waals surface area contributed by atoms with Gasteiger partial charge in [0.25, 0.3) is 0 Å². The van der Waals surface area contributed by atoms with Gasteiger partial charge in [0, 0.05) is 29.9 Å². The fourth-order valence-corrected chi connectivity index (χ4v) is 3.25. The van der Waals surface area contributed by atoms with Crippen LogP contribution in [0.4, 0.5) is 0 Å². The summed E-state index contributed by atoms with van der Waals surface area (Å²) in [6, 6.07) is 6.82. The second kappa shape index (κ2) is 6.12. The van der Waals surface area contributed by atoms with E-state index in [1.807, 2.05) is 29.8 Å². The molecule has 0 radical (unpaired) electrons. The summed E-state index contributed by atoms with van der Waals surface area (Å²) in [4.78, 5) is 8.10. The van der Waals surface area contributed by atoms with Gasteiger partial charge < -0.3 is 0 Å². The van der Waals surface area contributed by atoms with Crippen LogP contribution in [-0.2, 0) is 6.54 Å². The van der Waals surface area contributed by atoms with Gasteiger partial charge in [-0.1, -0.05) is 13.0 Å². The number of thiophene rings is 1. The molecule has 0 unspecified atom stereocenters. The highest BCUT2D eigenvalue weighted by Gasteiger charge is 2.16. The van der Waals surface area contributed by atoms with Crippen LogP contribution in [0.15, 0.2) is 36.0 Å². The summed E-state index contributed by atoms with van der Waals surface area (Å²) >= 11 is 1.84. The van der Waals surface area contributed by atoms with E-state index >= 15 is 0 Å². The molecule has 0 amide bonds. The second-order valence-electron chi connectivity index (χ2n) is 4.65. The molecule has 0 bridgehead atoms. The Morgan fingerprint density at radius 1 is 1.39 bits per heavy atom. The average molecular weight is 260 g/mol. The highest BCUT2D eigenvalue weighted by molar-refractivity contribution is 7.10. The maximum Gasteiger partial charge on any atom is 0.0361 e. The molecule has 0 aliphatic heterocycles. The zero-order valence-electron chi connectivity index (χ0n) is 11.3. The first kappa shape index (κ1) is 13.2. The molecule has 0 aromatic carbocycles. The largest absolute Gasteiger partial charge is 0.294 e. The summed E-state index contributed by atoms with van der Waals surface area (Å²) in [6.45, 7) is 5.43. The van der Waals surface area contributed by atoms with Gasteiger partial charge >= 0.3 is 0 Å². The van der Waals surface area contributed by atoms with E-state index in [1.54, 1.807) is 0 Å². The fraction of sp³-hybridized carbons (Fsp3) is 0.400. The number of rotatable bonds is 5. The average Bonchev–Trinajstić information content (AvgIpc) is 2.77. The summed E-state index contributed by atoms with van der Waals surface area (Å²) in [6.07, 6.45) is 4.91. The monoisotopic (exact) mass is 260 g/mol. The lowest BCUT2D eigenvalue weighted by molar-refractivity contribution is 0.231. The number of pyridine rings is 1. The molecule has 0 N–H and O–H groups in total. The van der Waals surface area contributed by atoms with Crippen LogP contribution in [0.2, 0.25) is 0 Å². The van der Waals surface area contributed by atoms with Crippen LogP contribution in [0.5, 0.6) is 0 Å². The van der Waals surface area contributed by atoms with Crippen LogP contribution in [0.3, 0.4) is 0 Å². The molecule has 0 aliphatic carbocycles. The molecule has 2 nitrogen and oxygen atoms in total. The number of aromatic nitrogens is 1. The first-order chi connectivity index (χ1) is 8.72. The van der Waals surface area contributed by atoms with Crippen molar-refractivity contribution in [1.29, 1.82) is 0 Å². The zero-order chi connectivity index (χ0) is 13.0. The van der Waals surface area contributed by atoms with Gasteiger partial charge in [-0.2, -0.15) is 0 Å². The standard InChI is InChI=1S/C15H20N2S/c1-4-14(13-6-5-8-16-10-13)17(3)11-15-12(2)7-9-18-15/h5-10,14H,4,11H2,1-3H3/t14-/m0/s1. The first-order valence-electron chi connectivity index (χ1n) is 6.35. The quantitative estimate of drug-likeness (QED) is 0.806. The molecule has 0 spiro atoms. The van der Waals surface area contributed by atoms with E-state index in [0.29, 0.717) is 6.04 Å². The summed E-state index contributed by atoms with van der Waals surface area (Å²) in [7, 11) is 2.19. The SMILES string of the molecule is CC[C@@H](c1cccnc1)N(C)Cc1sccc1C. The predicted octanol–water partition coefficient (Wildman–Crippen LogP) is 4.03. The highest BCUT2D eigenvalue weighted by atomic mass is 32.1. The molecular weight excluding hydrogens is 240 g/mol. The third-order valence-electron chi connectivity index (χ3n) is 3.35. The molecule has 96 valence electrons. The number of hydrogen-bond donors (Lipinski definition) is 0. The van der Waals surface area contributed by atoms with Crippen molar-refractivity contribution in [3.8, 4) is 0 Å². The van der Waals surface area contributed by atoms with Crippen molar-refractivity contribution in [2.24, 2.45) is 0 Å². The number of nitrogens with zero attached hydrogens (tertiary/aromatic N) is 2. The minimum absolute atomic E-state index is 0.445. The normalized spacial score (nSPS) is 12.9. The van der Waals surface area contributed by atoms with Crippen LogP contribution in [0, 0.1) is 6.92 Å². The Balaban J connectivity index is 2.11. The second-order valence-corrected chi connectivity index (χ2v) is 5.65. The van der Waals surface area contributed by atoms with Crippen LogP contribution >= 0.6 is 11.3 Å². The van der Waals surface area contributed by atoms with E-state index < -0.39 is 0 Å². The Morgan fingerprint density at radius 2 is 2.22 bits per heavy atom. The highest BCUT2D eigenvalue weighted by Crippen LogP contribution is 2.26. The summed E-state index contributed by atoms with van der Waals surface area (Å²) in [5, 5.41) is 2.17. The molecule has 0 aliphatic rings. The van der Waals surface area contributed by atoms with Crippen molar-refractivity contribution in [1.82, 2.24) is 9.88 Å². The maximum atomic E-state index is 4.23. The summed E-state index contributed by atoms with van der Waals surface area (Å²) < 4.78 is 0. The molecule has 2 aromatic heterocycles. The Labute approximate surface area is 113 Å². The van der Waals surface area contributed by atoms with Crippen molar-refractivity contribution in [3.63, 3.8) is 0 Å². The van der Waals surface area contributed by atoms with Gasteiger partial charge in [0.1, 0.15) is 0 Å². The Morgan fingerprint density at radius 3 is 2.78 bits per heavy atom. The molecule has 1 atom stereocenters. The summed E-state index contributed by atoms with van der Waals surface area (Å²) in [5.74, 6) is 0. The van der Waals surface area contributed by atoms with E-state index in [-0.39, 0.29) is 0 Å². The van der Waals surface area contributed by atoms with E-state index in [1.165, 1.54) is 16.0 Å². The fourth-order valence-electron chi connectivity index (χ4n) is 2.28. The lowest BCUT2D eigenvalue weighted by atomic mass is 10.1. The van der Waals surface area contributed by atoms with Crippen molar-refractivity contribution in [3.05, 3.63) is 52.0 Å². The number of hydrogen-bond acceptors (Lipinski definition) is 3. The molecule has 3 heteroatoms. The minimum atomic E-state index is 0.445. The predicted molar refractivity (Wildman–Crippen MR) is 77.8 cm³/mol. The molecule has 0 saturated heterocycles. The van der Waals surface area contributed by atoms with Crippen molar-refractivity contribution >= 4 is 11.3 Å². The van der Waals surface area contributed by atoms with E-state index in [9.17, 15) is 0 Å². The van der Waals surface area contributed by atoms with Gasteiger partial charge in [-0.15, -0.1) is 11.3 Å². The Kier molecular flexibility index (Phi) is 4.50. The molecule has 2 rings (SSSR count). The molecule has 0 saturated carbocycles. The van der Waals surface area contributed by atoms with E-state index in [2.05, 4.69) is 48.3 Å². The third-order valence-corrected chi connectivity index (χ3v) is 4.36. The van der Waals surface area contributed by atoms with Gasteiger partial charge in [-0.25, -0.2) is 0 Å². The molecule has 0 fully saturated rings. The van der Waals surface area contributed by atoms with Gasteiger partial charge in [0.2, 0.25) is 0 Å². The Bertz CT molecular complexity index is 478. The molecule has 18 heavy (non-hydrogen) atoms.